The molecule has 0 bridgehead atoms. The van der Waals surface area contributed by atoms with Gasteiger partial charge in [-0.1, -0.05) is 6.42 Å². The van der Waals surface area contributed by atoms with E-state index in [2.05, 4.69) is 5.32 Å². The van der Waals surface area contributed by atoms with Crippen molar-refractivity contribution in [2.75, 3.05) is 13.2 Å². The summed E-state index contributed by atoms with van der Waals surface area (Å²) in [5.74, 6) is 0.904. The van der Waals surface area contributed by atoms with E-state index in [0.717, 1.165) is 18.9 Å². The van der Waals surface area contributed by atoms with Crippen LogP contribution in [0.15, 0.2) is 22.8 Å². The summed E-state index contributed by atoms with van der Waals surface area (Å²) in [7, 11) is 0. The molecular weight excluding hydrogens is 178 g/mol. The maximum absolute atomic E-state index is 5.56. The monoisotopic (exact) mass is 195 g/mol. The van der Waals surface area contributed by atoms with Gasteiger partial charge >= 0.3 is 0 Å². The lowest BCUT2D eigenvalue weighted by molar-refractivity contribution is 0.0797. The van der Waals surface area contributed by atoms with Crippen LogP contribution in [0.2, 0.25) is 0 Å². The van der Waals surface area contributed by atoms with Crippen LogP contribution in [0.1, 0.15) is 25.0 Å². The van der Waals surface area contributed by atoms with Gasteiger partial charge in [0.2, 0.25) is 0 Å². The molecule has 1 atom stereocenters. The maximum Gasteiger partial charge on any atom is 0.129 e. The van der Waals surface area contributed by atoms with Gasteiger partial charge in [-0.25, -0.2) is 0 Å². The number of hydrogen-bond donors (Lipinski definition) is 1. The highest BCUT2D eigenvalue weighted by Crippen LogP contribution is 2.08. The number of piperidine rings is 1. The molecule has 0 amide bonds. The van der Waals surface area contributed by atoms with Crippen molar-refractivity contribution < 1.29 is 9.15 Å². The molecule has 1 aromatic heterocycles. The third-order valence-electron chi connectivity index (χ3n) is 2.56. The standard InChI is InChI=1S/C11H17NO2/c1-2-6-12-10(4-1)8-13-9-11-5-3-7-14-11/h3,5,7,10,12H,1-2,4,6,8-9H2. The molecule has 1 unspecified atom stereocenters. The van der Waals surface area contributed by atoms with Crippen LogP contribution in [0, 0.1) is 0 Å². The molecule has 0 radical (unpaired) electrons. The lowest BCUT2D eigenvalue weighted by Crippen LogP contribution is -2.37. The second-order valence-corrected chi connectivity index (χ2v) is 3.74. The first-order chi connectivity index (χ1) is 6.95. The van der Waals surface area contributed by atoms with E-state index in [9.17, 15) is 0 Å². The third-order valence-corrected chi connectivity index (χ3v) is 2.56. The molecular formula is C11H17NO2. The van der Waals surface area contributed by atoms with Crippen LogP contribution in [-0.4, -0.2) is 19.2 Å². The predicted octanol–water partition coefficient (Wildman–Crippen LogP) is 1.94. The minimum Gasteiger partial charge on any atom is -0.467 e. The van der Waals surface area contributed by atoms with Gasteiger partial charge in [0, 0.05) is 6.04 Å². The van der Waals surface area contributed by atoms with Crippen molar-refractivity contribution in [3.05, 3.63) is 24.2 Å². The molecule has 2 rings (SSSR count). The van der Waals surface area contributed by atoms with Crippen molar-refractivity contribution in [3.63, 3.8) is 0 Å². The lowest BCUT2D eigenvalue weighted by atomic mass is 10.1. The number of ether oxygens (including phenoxy) is 1. The zero-order valence-electron chi connectivity index (χ0n) is 8.37. The van der Waals surface area contributed by atoms with Crippen LogP contribution in [0.5, 0.6) is 0 Å². The quantitative estimate of drug-likeness (QED) is 0.797. The largest absolute Gasteiger partial charge is 0.467 e. The Bertz CT molecular complexity index is 240. The maximum atomic E-state index is 5.56. The molecule has 0 aliphatic carbocycles. The summed E-state index contributed by atoms with van der Waals surface area (Å²) in [6.45, 7) is 2.51. The second kappa shape index (κ2) is 5.17. The molecule has 1 aliphatic rings. The molecule has 0 aromatic carbocycles. The minimum absolute atomic E-state index is 0.540. The van der Waals surface area contributed by atoms with Gasteiger partial charge < -0.3 is 14.5 Å². The number of nitrogens with one attached hydrogen (secondary N) is 1. The minimum atomic E-state index is 0.540. The number of rotatable bonds is 4. The summed E-state index contributed by atoms with van der Waals surface area (Å²) in [4.78, 5) is 0. The van der Waals surface area contributed by atoms with E-state index in [1.807, 2.05) is 12.1 Å². The predicted molar refractivity (Wildman–Crippen MR) is 54.0 cm³/mol. The SMILES string of the molecule is c1coc(COCC2CCCCN2)c1. The van der Waals surface area contributed by atoms with Crippen LogP contribution in [0.4, 0.5) is 0 Å². The van der Waals surface area contributed by atoms with Crippen LogP contribution >= 0.6 is 0 Å². The van der Waals surface area contributed by atoms with Gasteiger partial charge in [-0.15, -0.1) is 0 Å². The molecule has 2 heterocycles. The molecule has 1 aromatic rings. The van der Waals surface area contributed by atoms with E-state index in [4.69, 9.17) is 9.15 Å². The van der Waals surface area contributed by atoms with E-state index in [1.54, 1.807) is 6.26 Å². The highest BCUT2D eigenvalue weighted by atomic mass is 16.5. The molecule has 14 heavy (non-hydrogen) atoms. The fourth-order valence-corrected chi connectivity index (χ4v) is 1.76. The zero-order valence-corrected chi connectivity index (χ0v) is 8.37. The number of furan rings is 1. The number of hydrogen-bond acceptors (Lipinski definition) is 3. The summed E-state index contributed by atoms with van der Waals surface area (Å²) in [5, 5.41) is 3.44. The van der Waals surface area contributed by atoms with E-state index < -0.39 is 0 Å². The Kier molecular flexibility index (Phi) is 3.60. The van der Waals surface area contributed by atoms with Gasteiger partial charge in [-0.3, -0.25) is 0 Å². The van der Waals surface area contributed by atoms with E-state index in [0.29, 0.717) is 12.6 Å². The van der Waals surface area contributed by atoms with Crippen molar-refractivity contribution in [3.8, 4) is 0 Å². The van der Waals surface area contributed by atoms with Crippen molar-refractivity contribution in [2.24, 2.45) is 0 Å². The van der Waals surface area contributed by atoms with Crippen molar-refractivity contribution in [1.29, 1.82) is 0 Å². The molecule has 3 nitrogen and oxygen atoms in total. The Morgan fingerprint density at radius 1 is 1.50 bits per heavy atom. The Morgan fingerprint density at radius 3 is 3.21 bits per heavy atom. The first-order valence-corrected chi connectivity index (χ1v) is 5.28. The fraction of sp³-hybridized carbons (Fsp3) is 0.636. The summed E-state index contributed by atoms with van der Waals surface area (Å²) >= 11 is 0. The summed E-state index contributed by atoms with van der Waals surface area (Å²) in [6.07, 6.45) is 5.53. The molecule has 1 saturated heterocycles. The van der Waals surface area contributed by atoms with Gasteiger partial charge in [-0.05, 0) is 31.5 Å². The van der Waals surface area contributed by atoms with Crippen LogP contribution < -0.4 is 5.32 Å². The van der Waals surface area contributed by atoms with Crippen LogP contribution in [-0.2, 0) is 11.3 Å². The Labute approximate surface area is 84.4 Å². The average Bonchev–Trinajstić information content (AvgIpc) is 2.72. The highest BCUT2D eigenvalue weighted by Gasteiger charge is 2.12. The van der Waals surface area contributed by atoms with Gasteiger partial charge in [0.05, 0.1) is 12.9 Å². The van der Waals surface area contributed by atoms with E-state index >= 15 is 0 Å². The molecule has 1 N–H and O–H groups in total. The van der Waals surface area contributed by atoms with Crippen LogP contribution in [0.3, 0.4) is 0 Å². The molecule has 3 heteroatoms. The fourth-order valence-electron chi connectivity index (χ4n) is 1.76. The average molecular weight is 195 g/mol. The smallest absolute Gasteiger partial charge is 0.129 e. The lowest BCUT2D eigenvalue weighted by Gasteiger charge is -2.22. The normalized spacial score (nSPS) is 22.4. The summed E-state index contributed by atoms with van der Waals surface area (Å²) in [6, 6.07) is 4.37. The van der Waals surface area contributed by atoms with E-state index in [-0.39, 0.29) is 0 Å². The second-order valence-electron chi connectivity index (χ2n) is 3.74. The first-order valence-electron chi connectivity index (χ1n) is 5.28. The van der Waals surface area contributed by atoms with Gasteiger partial charge in [0.15, 0.2) is 0 Å². The molecule has 0 spiro atoms. The Hall–Kier alpha value is -0.800. The van der Waals surface area contributed by atoms with Gasteiger partial charge in [0.25, 0.3) is 0 Å². The third kappa shape index (κ3) is 2.86. The van der Waals surface area contributed by atoms with Crippen molar-refractivity contribution in [2.45, 2.75) is 31.9 Å². The zero-order chi connectivity index (χ0) is 9.64. The van der Waals surface area contributed by atoms with Crippen LogP contribution in [0.25, 0.3) is 0 Å². The van der Waals surface area contributed by atoms with Gasteiger partial charge in [-0.2, -0.15) is 0 Å². The van der Waals surface area contributed by atoms with E-state index in [1.165, 1.54) is 19.3 Å². The Balaban J connectivity index is 1.62. The Morgan fingerprint density at radius 2 is 2.50 bits per heavy atom. The molecule has 1 aliphatic heterocycles. The van der Waals surface area contributed by atoms with Gasteiger partial charge in [0.1, 0.15) is 12.4 Å². The van der Waals surface area contributed by atoms with Crippen molar-refractivity contribution in [1.82, 2.24) is 5.32 Å². The van der Waals surface area contributed by atoms with Crippen molar-refractivity contribution >= 4 is 0 Å². The highest BCUT2D eigenvalue weighted by molar-refractivity contribution is 4.96. The first kappa shape index (κ1) is 9.74. The summed E-state index contributed by atoms with van der Waals surface area (Å²) in [5.41, 5.74) is 0. The molecule has 78 valence electrons. The topological polar surface area (TPSA) is 34.4 Å². The summed E-state index contributed by atoms with van der Waals surface area (Å²) < 4.78 is 10.7. The molecule has 0 saturated carbocycles. The molecule has 1 fully saturated rings.